The molecule has 1 rings (SSSR count). The van der Waals surface area contributed by atoms with Gasteiger partial charge in [0, 0.05) is 12.8 Å². The molecule has 0 aliphatic rings. The number of nitrogens with one attached hydrogen (secondary N) is 3. The molecule has 0 radical (unpaired) electrons. The lowest BCUT2D eigenvalue weighted by molar-refractivity contribution is -0.142. The molecule has 4 atom stereocenters. The van der Waals surface area contributed by atoms with Crippen LogP contribution >= 0.6 is 0 Å². The fraction of sp³-hybridized carbons (Fsp3) is 0.522. The Morgan fingerprint density at radius 2 is 1.50 bits per heavy atom. The van der Waals surface area contributed by atoms with Crippen LogP contribution in [0.4, 0.5) is 0 Å². The minimum atomic E-state index is -1.21. The molecule has 200 valence electrons. The smallest absolute Gasteiger partial charge is 0.326 e. The number of hydrogen-bond acceptors (Lipinski definition) is 8. The Balaban J connectivity index is 2.90. The first-order valence-electron chi connectivity index (χ1n) is 11.6. The summed E-state index contributed by atoms with van der Waals surface area (Å²) in [5, 5.41) is 26.2. The van der Waals surface area contributed by atoms with Crippen LogP contribution < -0.4 is 33.2 Å². The molecule has 4 unspecified atom stereocenters. The number of rotatable bonds is 16. The Morgan fingerprint density at radius 3 is 2.06 bits per heavy atom. The van der Waals surface area contributed by atoms with Crippen molar-refractivity contribution in [1.29, 1.82) is 0 Å². The van der Waals surface area contributed by atoms with E-state index in [0.29, 0.717) is 24.9 Å². The number of carbonyl (C=O) groups is 5. The lowest BCUT2D eigenvalue weighted by Gasteiger charge is -2.23. The highest BCUT2D eigenvalue weighted by atomic mass is 16.4. The maximum absolute atomic E-state index is 13.0. The van der Waals surface area contributed by atoms with Gasteiger partial charge in [-0.1, -0.05) is 12.1 Å². The van der Waals surface area contributed by atoms with Gasteiger partial charge in [0.1, 0.15) is 23.9 Å². The van der Waals surface area contributed by atoms with E-state index in [0.717, 1.165) is 0 Å². The number of primary amides is 1. The van der Waals surface area contributed by atoms with Crippen LogP contribution in [0.5, 0.6) is 5.75 Å². The highest BCUT2D eigenvalue weighted by Gasteiger charge is 2.28. The first kappa shape index (κ1) is 30.3. The molecule has 1 aromatic carbocycles. The second-order valence-electron chi connectivity index (χ2n) is 8.46. The summed E-state index contributed by atoms with van der Waals surface area (Å²) in [6, 6.07) is 1.44. The third-order valence-corrected chi connectivity index (χ3v) is 5.36. The fourth-order valence-electron chi connectivity index (χ4n) is 3.21. The van der Waals surface area contributed by atoms with Gasteiger partial charge < -0.3 is 43.4 Å². The van der Waals surface area contributed by atoms with E-state index in [9.17, 15) is 34.2 Å². The van der Waals surface area contributed by atoms with E-state index < -0.39 is 53.8 Å². The van der Waals surface area contributed by atoms with Crippen molar-refractivity contribution in [3.8, 4) is 5.75 Å². The topological polar surface area (TPSA) is 240 Å². The molecule has 0 heterocycles. The molecule has 0 saturated carbocycles. The molecule has 0 aromatic heterocycles. The molecular formula is C23H36N6O7. The Labute approximate surface area is 209 Å². The number of carbonyl (C=O) groups excluding carboxylic acids is 4. The number of phenolic OH excluding ortho intramolecular Hbond substituents is 1. The van der Waals surface area contributed by atoms with E-state index in [1.165, 1.54) is 19.1 Å². The third kappa shape index (κ3) is 11.1. The van der Waals surface area contributed by atoms with E-state index in [1.807, 2.05) is 0 Å². The molecule has 0 aliphatic carbocycles. The summed E-state index contributed by atoms with van der Waals surface area (Å²) >= 11 is 0. The molecule has 0 spiro atoms. The lowest BCUT2D eigenvalue weighted by atomic mass is 10.0. The van der Waals surface area contributed by atoms with Gasteiger partial charge in [-0.2, -0.15) is 0 Å². The summed E-state index contributed by atoms with van der Waals surface area (Å²) in [5.41, 5.74) is 16.9. The van der Waals surface area contributed by atoms with Gasteiger partial charge in [-0.15, -0.1) is 0 Å². The number of phenols is 1. The summed E-state index contributed by atoms with van der Waals surface area (Å²) < 4.78 is 0. The van der Waals surface area contributed by atoms with E-state index >= 15 is 0 Å². The van der Waals surface area contributed by atoms with E-state index in [1.54, 1.807) is 12.1 Å². The minimum absolute atomic E-state index is 0.00553. The normalized spacial score (nSPS) is 14.1. The van der Waals surface area contributed by atoms with Crippen molar-refractivity contribution in [3.63, 3.8) is 0 Å². The average Bonchev–Trinajstić information content (AvgIpc) is 2.82. The monoisotopic (exact) mass is 508 g/mol. The van der Waals surface area contributed by atoms with Crippen molar-refractivity contribution < 1.29 is 34.2 Å². The number of unbranched alkanes of at least 4 members (excludes halogenated alkanes) is 1. The second-order valence-corrected chi connectivity index (χ2v) is 8.46. The number of carboxylic acids is 1. The van der Waals surface area contributed by atoms with Gasteiger partial charge in [0.15, 0.2) is 0 Å². The summed E-state index contributed by atoms with van der Waals surface area (Å²) in [7, 11) is 0. The van der Waals surface area contributed by atoms with Crippen molar-refractivity contribution in [2.45, 2.75) is 69.6 Å². The van der Waals surface area contributed by atoms with Crippen LogP contribution in [0.25, 0.3) is 0 Å². The Kier molecular flexibility index (Phi) is 12.9. The lowest BCUT2D eigenvalue weighted by Crippen LogP contribution is -2.56. The minimum Gasteiger partial charge on any atom is -0.508 e. The zero-order valence-electron chi connectivity index (χ0n) is 20.2. The van der Waals surface area contributed by atoms with Crippen molar-refractivity contribution in [1.82, 2.24) is 16.0 Å². The van der Waals surface area contributed by atoms with Crippen LogP contribution in [-0.2, 0) is 30.4 Å². The first-order chi connectivity index (χ1) is 16.9. The third-order valence-electron chi connectivity index (χ3n) is 5.36. The van der Waals surface area contributed by atoms with E-state index in [2.05, 4.69) is 16.0 Å². The molecule has 0 saturated heterocycles. The van der Waals surface area contributed by atoms with Crippen LogP contribution in [0.1, 0.15) is 44.6 Å². The van der Waals surface area contributed by atoms with Gasteiger partial charge in [0.25, 0.3) is 0 Å². The van der Waals surface area contributed by atoms with Crippen LogP contribution in [-0.4, -0.2) is 70.5 Å². The molecule has 0 bridgehead atoms. The number of hydrogen-bond donors (Lipinski definition) is 8. The maximum Gasteiger partial charge on any atom is 0.326 e. The standard InChI is InChI=1S/C23H36N6O7/c1-13(20(32)28-17(23(35)36)4-2-3-11-24)27-22(34)18(12-14-5-7-15(30)8-6-14)29-21(33)16(25)9-10-19(26)31/h5-8,13,16-18,30H,2-4,9-12,24-25H2,1H3,(H2,26,31)(H,27,34)(H,28,32)(H,29,33)(H,35,36). The van der Waals surface area contributed by atoms with Gasteiger partial charge >= 0.3 is 5.97 Å². The molecule has 1 aromatic rings. The number of carboxylic acid groups (broad SMARTS) is 1. The van der Waals surface area contributed by atoms with Gasteiger partial charge in [-0.3, -0.25) is 19.2 Å². The largest absolute Gasteiger partial charge is 0.508 e. The average molecular weight is 509 g/mol. The molecule has 13 heteroatoms. The molecule has 0 fully saturated rings. The van der Waals surface area contributed by atoms with Crippen LogP contribution in [0.2, 0.25) is 0 Å². The zero-order valence-corrected chi connectivity index (χ0v) is 20.2. The molecular weight excluding hydrogens is 472 g/mol. The Morgan fingerprint density at radius 1 is 0.889 bits per heavy atom. The molecule has 36 heavy (non-hydrogen) atoms. The van der Waals surface area contributed by atoms with Crippen molar-refractivity contribution >= 4 is 29.6 Å². The number of benzene rings is 1. The molecule has 13 nitrogen and oxygen atoms in total. The Hall–Kier alpha value is -3.71. The number of nitrogens with two attached hydrogens (primary N) is 3. The first-order valence-corrected chi connectivity index (χ1v) is 11.6. The molecule has 0 aliphatic heterocycles. The number of amides is 4. The highest BCUT2D eigenvalue weighted by Crippen LogP contribution is 2.12. The molecule has 11 N–H and O–H groups in total. The summed E-state index contributed by atoms with van der Waals surface area (Å²) in [4.78, 5) is 60.5. The predicted molar refractivity (Wildman–Crippen MR) is 130 cm³/mol. The molecule has 4 amide bonds. The van der Waals surface area contributed by atoms with Crippen LogP contribution in [0.3, 0.4) is 0 Å². The van der Waals surface area contributed by atoms with Crippen LogP contribution in [0, 0.1) is 0 Å². The maximum atomic E-state index is 13.0. The highest BCUT2D eigenvalue weighted by molar-refractivity contribution is 5.94. The van der Waals surface area contributed by atoms with Gasteiger partial charge in [-0.05, 0) is 56.8 Å². The summed E-state index contributed by atoms with van der Waals surface area (Å²) in [5.74, 6) is -3.94. The van der Waals surface area contributed by atoms with E-state index in [4.69, 9.17) is 17.2 Å². The number of aromatic hydroxyl groups is 1. The van der Waals surface area contributed by atoms with Crippen molar-refractivity contribution in [2.75, 3.05) is 6.54 Å². The number of aliphatic carboxylic acids is 1. The van der Waals surface area contributed by atoms with Gasteiger partial charge in [0.05, 0.1) is 6.04 Å². The second kappa shape index (κ2) is 15.3. The summed E-state index contributed by atoms with van der Waals surface area (Å²) in [6.07, 6.45) is 1.16. The van der Waals surface area contributed by atoms with E-state index in [-0.39, 0.29) is 31.4 Å². The quantitative estimate of drug-likeness (QED) is 0.117. The van der Waals surface area contributed by atoms with Crippen molar-refractivity contribution in [2.24, 2.45) is 17.2 Å². The SMILES string of the molecule is CC(NC(=O)C(Cc1ccc(O)cc1)NC(=O)C(N)CCC(N)=O)C(=O)NC(CCCCN)C(=O)O. The Bertz CT molecular complexity index is 909. The van der Waals surface area contributed by atoms with Crippen LogP contribution in [0.15, 0.2) is 24.3 Å². The zero-order chi connectivity index (χ0) is 27.3. The fourth-order valence-corrected chi connectivity index (χ4v) is 3.21. The summed E-state index contributed by atoms with van der Waals surface area (Å²) in [6.45, 7) is 1.77. The van der Waals surface area contributed by atoms with Gasteiger partial charge in [0.2, 0.25) is 23.6 Å². The predicted octanol–water partition coefficient (Wildman–Crippen LogP) is -1.78. The van der Waals surface area contributed by atoms with Gasteiger partial charge in [-0.25, -0.2) is 4.79 Å². The van der Waals surface area contributed by atoms with Crippen molar-refractivity contribution in [3.05, 3.63) is 29.8 Å².